The summed E-state index contributed by atoms with van der Waals surface area (Å²) in [5, 5.41) is 3.02. The van der Waals surface area contributed by atoms with Gasteiger partial charge in [-0.05, 0) is 43.7 Å². The van der Waals surface area contributed by atoms with E-state index in [9.17, 15) is 9.59 Å². The molecule has 1 N–H and O–H groups in total. The summed E-state index contributed by atoms with van der Waals surface area (Å²) in [4.78, 5) is 35.6. The number of fused-ring (bicyclic) bond motifs is 1. The number of anilines is 1. The second-order valence-electron chi connectivity index (χ2n) is 8.68. The van der Waals surface area contributed by atoms with Crippen LogP contribution in [0.15, 0.2) is 42.5 Å². The van der Waals surface area contributed by atoms with Crippen molar-refractivity contribution in [2.24, 2.45) is 0 Å². The van der Waals surface area contributed by atoms with Gasteiger partial charge in [-0.2, -0.15) is 0 Å². The molecule has 1 aromatic heterocycles. The lowest BCUT2D eigenvalue weighted by Crippen LogP contribution is -2.49. The molecule has 4 rings (SSSR count). The number of hydrogen-bond donors (Lipinski definition) is 1. The van der Waals surface area contributed by atoms with E-state index in [1.54, 1.807) is 19.0 Å². The summed E-state index contributed by atoms with van der Waals surface area (Å²) in [6, 6.07) is 13.5. The highest BCUT2D eigenvalue weighted by Crippen LogP contribution is 2.21. The van der Waals surface area contributed by atoms with Gasteiger partial charge in [0, 0.05) is 58.1 Å². The molecule has 0 unspecified atom stereocenters. The van der Waals surface area contributed by atoms with Crippen molar-refractivity contribution in [1.29, 1.82) is 0 Å². The van der Waals surface area contributed by atoms with Gasteiger partial charge in [-0.15, -0.1) is 0 Å². The maximum Gasteiger partial charge on any atom is 0.321 e. The molecule has 3 amide bonds. The van der Waals surface area contributed by atoms with Gasteiger partial charge in [0.25, 0.3) is 5.91 Å². The van der Waals surface area contributed by atoms with Crippen molar-refractivity contribution >= 4 is 28.7 Å². The fraction of sp³-hybridized carbons (Fsp3) is 0.400. The third kappa shape index (κ3) is 4.85. The van der Waals surface area contributed by atoms with Crippen molar-refractivity contribution in [2.75, 3.05) is 45.6 Å². The molecule has 2 aromatic carbocycles. The van der Waals surface area contributed by atoms with E-state index in [0.717, 1.165) is 47.7 Å². The third-order valence-electron chi connectivity index (χ3n) is 6.21. The summed E-state index contributed by atoms with van der Waals surface area (Å²) in [7, 11) is 3.51. The van der Waals surface area contributed by atoms with E-state index in [4.69, 9.17) is 4.98 Å². The normalized spacial score (nSPS) is 14.5. The van der Waals surface area contributed by atoms with Gasteiger partial charge in [-0.1, -0.05) is 18.2 Å². The first-order valence-corrected chi connectivity index (χ1v) is 11.4. The molecule has 0 saturated carbocycles. The summed E-state index contributed by atoms with van der Waals surface area (Å²) in [5.74, 6) is 0.962. The Morgan fingerprint density at radius 1 is 1.06 bits per heavy atom. The lowest BCUT2D eigenvalue weighted by atomic mass is 10.2. The van der Waals surface area contributed by atoms with Crippen LogP contribution in [-0.2, 0) is 13.1 Å². The Morgan fingerprint density at radius 3 is 2.45 bits per heavy atom. The Morgan fingerprint density at radius 2 is 1.79 bits per heavy atom. The largest absolute Gasteiger partial charge is 0.345 e. The average molecular weight is 449 g/mol. The van der Waals surface area contributed by atoms with Crippen molar-refractivity contribution in [3.8, 4) is 0 Å². The predicted octanol–water partition coefficient (Wildman–Crippen LogP) is 3.42. The lowest BCUT2D eigenvalue weighted by molar-refractivity contribution is 0.0827. The number of piperazine rings is 1. The standard InChI is InChI=1S/C25H32N6O2/c1-5-31-22-11-10-19(24(32)28(3)4)16-21(22)26-23(31)17-29-12-14-30(15-13-29)25(33)27-20-9-7-6-8-18(20)2/h6-11,16H,5,12-15,17H2,1-4H3,(H,27,33). The number of aromatic nitrogens is 2. The van der Waals surface area contributed by atoms with Crippen LogP contribution in [0, 0.1) is 6.92 Å². The molecule has 3 aromatic rings. The minimum atomic E-state index is -0.0529. The SMILES string of the molecule is CCn1c(CN2CCN(C(=O)Nc3ccccc3C)CC2)nc2cc(C(=O)N(C)C)ccc21. The van der Waals surface area contributed by atoms with E-state index in [0.29, 0.717) is 25.2 Å². The fourth-order valence-electron chi connectivity index (χ4n) is 4.26. The van der Waals surface area contributed by atoms with Crippen molar-refractivity contribution < 1.29 is 9.59 Å². The topological polar surface area (TPSA) is 73.7 Å². The molecule has 0 spiro atoms. The Kier molecular flexibility index (Phi) is 6.65. The summed E-state index contributed by atoms with van der Waals surface area (Å²) < 4.78 is 2.20. The number of imidazole rings is 1. The monoisotopic (exact) mass is 448 g/mol. The number of nitrogens with one attached hydrogen (secondary N) is 1. The van der Waals surface area contributed by atoms with Crippen molar-refractivity contribution in [2.45, 2.75) is 26.9 Å². The van der Waals surface area contributed by atoms with Crippen LogP contribution in [0.4, 0.5) is 10.5 Å². The number of carbonyl (C=O) groups is 2. The van der Waals surface area contributed by atoms with Crippen molar-refractivity contribution in [1.82, 2.24) is 24.3 Å². The van der Waals surface area contributed by atoms with E-state index in [-0.39, 0.29) is 11.9 Å². The number of aryl methyl sites for hydroxylation is 2. The zero-order valence-corrected chi connectivity index (χ0v) is 19.8. The van der Waals surface area contributed by atoms with Gasteiger partial charge in [0.2, 0.25) is 0 Å². The smallest absolute Gasteiger partial charge is 0.321 e. The molecule has 1 aliphatic heterocycles. The molecule has 33 heavy (non-hydrogen) atoms. The summed E-state index contributed by atoms with van der Waals surface area (Å²) in [5.41, 5.74) is 4.44. The van der Waals surface area contributed by atoms with Gasteiger partial charge in [0.05, 0.1) is 17.6 Å². The molecule has 8 heteroatoms. The quantitative estimate of drug-likeness (QED) is 0.649. The Balaban J connectivity index is 1.41. The number of para-hydroxylation sites is 1. The Bertz CT molecular complexity index is 1160. The molecule has 1 saturated heterocycles. The van der Waals surface area contributed by atoms with E-state index < -0.39 is 0 Å². The predicted molar refractivity (Wildman–Crippen MR) is 130 cm³/mol. The second kappa shape index (κ2) is 9.62. The summed E-state index contributed by atoms with van der Waals surface area (Å²) in [6.07, 6.45) is 0. The van der Waals surface area contributed by atoms with E-state index in [1.165, 1.54) is 0 Å². The molecule has 0 atom stereocenters. The van der Waals surface area contributed by atoms with Crippen LogP contribution >= 0.6 is 0 Å². The summed E-state index contributed by atoms with van der Waals surface area (Å²) in [6.45, 7) is 8.55. The van der Waals surface area contributed by atoms with Crippen LogP contribution in [0.25, 0.3) is 11.0 Å². The molecular formula is C25H32N6O2. The van der Waals surface area contributed by atoms with Crippen molar-refractivity contribution in [3.63, 3.8) is 0 Å². The third-order valence-corrected chi connectivity index (χ3v) is 6.21. The zero-order valence-electron chi connectivity index (χ0n) is 19.8. The minimum Gasteiger partial charge on any atom is -0.345 e. The van der Waals surface area contributed by atoms with Gasteiger partial charge < -0.3 is 19.7 Å². The number of carbonyl (C=O) groups excluding carboxylic acids is 2. The van der Waals surface area contributed by atoms with Crippen LogP contribution in [-0.4, -0.2) is 76.5 Å². The number of urea groups is 1. The van der Waals surface area contributed by atoms with Gasteiger partial charge in [0.15, 0.2) is 0 Å². The van der Waals surface area contributed by atoms with Crippen LogP contribution in [0.3, 0.4) is 0 Å². The van der Waals surface area contributed by atoms with Gasteiger partial charge in [0.1, 0.15) is 5.82 Å². The number of amides is 3. The summed E-state index contributed by atoms with van der Waals surface area (Å²) >= 11 is 0. The van der Waals surface area contributed by atoms with E-state index >= 15 is 0 Å². The maximum absolute atomic E-state index is 12.7. The minimum absolute atomic E-state index is 0.0235. The average Bonchev–Trinajstić information content (AvgIpc) is 3.16. The molecule has 1 aliphatic rings. The number of nitrogens with zero attached hydrogens (tertiary/aromatic N) is 5. The molecule has 174 valence electrons. The van der Waals surface area contributed by atoms with Gasteiger partial charge in [-0.25, -0.2) is 9.78 Å². The molecular weight excluding hydrogens is 416 g/mol. The lowest BCUT2D eigenvalue weighted by Gasteiger charge is -2.34. The Hall–Kier alpha value is -3.39. The number of hydrogen-bond acceptors (Lipinski definition) is 4. The number of benzene rings is 2. The van der Waals surface area contributed by atoms with Crippen LogP contribution < -0.4 is 5.32 Å². The molecule has 2 heterocycles. The highest BCUT2D eigenvalue weighted by Gasteiger charge is 2.23. The fourth-order valence-corrected chi connectivity index (χ4v) is 4.26. The maximum atomic E-state index is 12.7. The van der Waals surface area contributed by atoms with Crippen LogP contribution in [0.1, 0.15) is 28.7 Å². The molecule has 8 nitrogen and oxygen atoms in total. The van der Waals surface area contributed by atoms with E-state index in [1.807, 2.05) is 54.3 Å². The molecule has 0 bridgehead atoms. The molecule has 0 aliphatic carbocycles. The molecule has 0 radical (unpaired) electrons. The van der Waals surface area contributed by atoms with Gasteiger partial charge in [-0.3, -0.25) is 9.69 Å². The first-order valence-electron chi connectivity index (χ1n) is 11.4. The first kappa shape index (κ1) is 22.8. The second-order valence-corrected chi connectivity index (χ2v) is 8.68. The van der Waals surface area contributed by atoms with E-state index in [2.05, 4.69) is 21.7 Å². The highest BCUT2D eigenvalue weighted by atomic mass is 16.2. The Labute approximate surface area is 194 Å². The first-order chi connectivity index (χ1) is 15.9. The van der Waals surface area contributed by atoms with Crippen molar-refractivity contribution in [3.05, 3.63) is 59.4 Å². The molecule has 1 fully saturated rings. The van der Waals surface area contributed by atoms with Crippen LogP contribution in [0.5, 0.6) is 0 Å². The van der Waals surface area contributed by atoms with Crippen LogP contribution in [0.2, 0.25) is 0 Å². The number of rotatable bonds is 5. The van der Waals surface area contributed by atoms with Gasteiger partial charge >= 0.3 is 6.03 Å². The highest BCUT2D eigenvalue weighted by molar-refractivity contribution is 5.97. The zero-order chi connectivity index (χ0) is 23.5.